The van der Waals surface area contributed by atoms with Crippen LogP contribution in [0.4, 0.5) is 0 Å². The molecule has 1 N–H and O–H groups in total. The standard InChI is InChI=1S/C20H20ClN3O3/c1-12-8-13(2)10-17(9-12)26-14(3)20(25)22-11-18-23-19(24-27-18)15-4-6-16(21)7-5-15/h4-10,14H,11H2,1-3H3,(H,22,25). The Bertz CT molecular complexity index is 918. The van der Waals surface area contributed by atoms with E-state index in [1.54, 1.807) is 31.2 Å². The van der Waals surface area contributed by atoms with E-state index in [0.717, 1.165) is 16.7 Å². The number of aryl methyl sites for hydroxylation is 2. The quantitative estimate of drug-likeness (QED) is 0.691. The topological polar surface area (TPSA) is 77.2 Å². The highest BCUT2D eigenvalue weighted by Crippen LogP contribution is 2.19. The summed E-state index contributed by atoms with van der Waals surface area (Å²) >= 11 is 5.87. The van der Waals surface area contributed by atoms with E-state index in [0.29, 0.717) is 22.5 Å². The zero-order valence-corrected chi connectivity index (χ0v) is 16.1. The molecule has 1 atom stereocenters. The van der Waals surface area contributed by atoms with Crippen molar-refractivity contribution in [2.75, 3.05) is 0 Å². The molecule has 1 aromatic heterocycles. The van der Waals surface area contributed by atoms with Crippen molar-refractivity contribution in [3.05, 3.63) is 64.5 Å². The van der Waals surface area contributed by atoms with Crippen molar-refractivity contribution in [2.45, 2.75) is 33.4 Å². The minimum absolute atomic E-state index is 0.125. The molecule has 0 aliphatic carbocycles. The van der Waals surface area contributed by atoms with Gasteiger partial charge < -0.3 is 14.6 Å². The second-order valence-corrected chi connectivity index (χ2v) is 6.76. The molecule has 140 valence electrons. The fourth-order valence-corrected chi connectivity index (χ4v) is 2.73. The Labute approximate surface area is 162 Å². The number of amides is 1. The highest BCUT2D eigenvalue weighted by Gasteiger charge is 2.16. The van der Waals surface area contributed by atoms with Crippen LogP contribution in [0.5, 0.6) is 5.75 Å². The second-order valence-electron chi connectivity index (χ2n) is 6.32. The summed E-state index contributed by atoms with van der Waals surface area (Å²) in [6.45, 7) is 5.79. The Hall–Kier alpha value is -2.86. The van der Waals surface area contributed by atoms with E-state index in [9.17, 15) is 4.79 Å². The molecular weight excluding hydrogens is 366 g/mol. The van der Waals surface area contributed by atoms with Crippen LogP contribution in [0, 0.1) is 13.8 Å². The van der Waals surface area contributed by atoms with Crippen LogP contribution in [0.3, 0.4) is 0 Å². The molecule has 0 aliphatic heterocycles. The van der Waals surface area contributed by atoms with E-state index in [-0.39, 0.29) is 12.5 Å². The van der Waals surface area contributed by atoms with Gasteiger partial charge in [-0.2, -0.15) is 4.98 Å². The molecule has 1 amide bonds. The van der Waals surface area contributed by atoms with E-state index in [1.807, 2.05) is 32.0 Å². The van der Waals surface area contributed by atoms with Crippen LogP contribution in [-0.2, 0) is 11.3 Å². The Morgan fingerprint density at radius 2 is 1.85 bits per heavy atom. The normalized spacial score (nSPS) is 11.9. The first kappa shape index (κ1) is 18.9. The molecule has 3 aromatic rings. The van der Waals surface area contributed by atoms with E-state index < -0.39 is 6.10 Å². The molecular formula is C20H20ClN3O3. The number of nitrogens with one attached hydrogen (secondary N) is 1. The van der Waals surface area contributed by atoms with Gasteiger partial charge in [0.05, 0.1) is 6.54 Å². The number of halogens is 1. The number of rotatable bonds is 6. The molecule has 2 aromatic carbocycles. The van der Waals surface area contributed by atoms with Gasteiger partial charge in [0, 0.05) is 10.6 Å². The molecule has 0 fully saturated rings. The number of carbonyl (C=O) groups excluding carboxylic acids is 1. The molecule has 6 nitrogen and oxygen atoms in total. The average Bonchev–Trinajstić information content (AvgIpc) is 3.08. The highest BCUT2D eigenvalue weighted by atomic mass is 35.5. The lowest BCUT2D eigenvalue weighted by Crippen LogP contribution is -2.36. The molecule has 1 unspecified atom stereocenters. The molecule has 1 heterocycles. The van der Waals surface area contributed by atoms with E-state index in [4.69, 9.17) is 20.9 Å². The summed E-state index contributed by atoms with van der Waals surface area (Å²) in [4.78, 5) is 16.5. The molecule has 27 heavy (non-hydrogen) atoms. The minimum atomic E-state index is -0.648. The van der Waals surface area contributed by atoms with Crippen LogP contribution >= 0.6 is 11.6 Å². The first-order valence-corrected chi connectivity index (χ1v) is 8.89. The maximum absolute atomic E-state index is 12.3. The smallest absolute Gasteiger partial charge is 0.261 e. The SMILES string of the molecule is Cc1cc(C)cc(OC(C)C(=O)NCc2nc(-c3ccc(Cl)cc3)no2)c1. The van der Waals surface area contributed by atoms with Gasteiger partial charge in [-0.1, -0.05) is 22.8 Å². The Kier molecular flexibility index (Phi) is 5.76. The molecule has 0 saturated carbocycles. The average molecular weight is 386 g/mol. The summed E-state index contributed by atoms with van der Waals surface area (Å²) in [5.41, 5.74) is 2.95. The number of aromatic nitrogens is 2. The van der Waals surface area contributed by atoms with Gasteiger partial charge in [0.25, 0.3) is 5.91 Å². The van der Waals surface area contributed by atoms with Crippen molar-refractivity contribution in [1.82, 2.24) is 15.5 Å². The van der Waals surface area contributed by atoms with Crippen LogP contribution in [0.1, 0.15) is 23.9 Å². The zero-order chi connectivity index (χ0) is 19.4. The molecule has 0 saturated heterocycles. The van der Waals surface area contributed by atoms with E-state index in [2.05, 4.69) is 15.5 Å². The summed E-state index contributed by atoms with van der Waals surface area (Å²) in [6, 6.07) is 12.9. The number of ether oxygens (including phenoxy) is 1. The number of carbonyl (C=O) groups is 1. The molecule has 0 radical (unpaired) electrons. The lowest BCUT2D eigenvalue weighted by molar-refractivity contribution is -0.127. The van der Waals surface area contributed by atoms with Crippen molar-refractivity contribution >= 4 is 17.5 Å². The van der Waals surface area contributed by atoms with Crippen LogP contribution in [0.2, 0.25) is 5.02 Å². The van der Waals surface area contributed by atoms with Gasteiger partial charge in [0.15, 0.2) is 6.10 Å². The van der Waals surface area contributed by atoms with Crippen molar-refractivity contribution in [3.63, 3.8) is 0 Å². The lowest BCUT2D eigenvalue weighted by Gasteiger charge is -2.15. The third kappa shape index (κ3) is 5.08. The molecule has 7 heteroatoms. The molecule has 0 spiro atoms. The van der Waals surface area contributed by atoms with Crippen molar-refractivity contribution in [1.29, 1.82) is 0 Å². The predicted octanol–water partition coefficient (Wildman–Crippen LogP) is 4.09. The van der Waals surface area contributed by atoms with Gasteiger partial charge in [0.1, 0.15) is 5.75 Å². The van der Waals surface area contributed by atoms with Crippen LogP contribution in [-0.4, -0.2) is 22.2 Å². The fourth-order valence-electron chi connectivity index (χ4n) is 2.61. The van der Waals surface area contributed by atoms with Gasteiger partial charge in [-0.15, -0.1) is 0 Å². The van der Waals surface area contributed by atoms with Gasteiger partial charge in [0.2, 0.25) is 11.7 Å². The van der Waals surface area contributed by atoms with Gasteiger partial charge in [-0.3, -0.25) is 4.79 Å². The fraction of sp³-hybridized carbons (Fsp3) is 0.250. The maximum atomic E-state index is 12.3. The zero-order valence-electron chi connectivity index (χ0n) is 15.3. The number of hydrogen-bond donors (Lipinski definition) is 1. The Morgan fingerprint density at radius 1 is 1.19 bits per heavy atom. The van der Waals surface area contributed by atoms with Crippen molar-refractivity contribution < 1.29 is 14.1 Å². The minimum Gasteiger partial charge on any atom is -0.481 e. The lowest BCUT2D eigenvalue weighted by atomic mass is 10.1. The van der Waals surface area contributed by atoms with Crippen molar-refractivity contribution in [2.24, 2.45) is 0 Å². The van der Waals surface area contributed by atoms with Gasteiger partial charge in [-0.25, -0.2) is 0 Å². The van der Waals surface area contributed by atoms with E-state index >= 15 is 0 Å². The molecule has 0 aliphatic rings. The van der Waals surface area contributed by atoms with Gasteiger partial charge >= 0.3 is 0 Å². The second kappa shape index (κ2) is 8.22. The van der Waals surface area contributed by atoms with Crippen LogP contribution in [0.15, 0.2) is 47.0 Å². The predicted molar refractivity (Wildman–Crippen MR) is 103 cm³/mol. The summed E-state index contributed by atoms with van der Waals surface area (Å²) in [5, 5.41) is 7.29. The molecule has 0 bridgehead atoms. The van der Waals surface area contributed by atoms with Gasteiger partial charge in [-0.05, 0) is 68.3 Å². The summed E-state index contributed by atoms with van der Waals surface area (Å²) < 4.78 is 10.9. The largest absolute Gasteiger partial charge is 0.481 e. The van der Waals surface area contributed by atoms with Crippen LogP contribution < -0.4 is 10.1 Å². The van der Waals surface area contributed by atoms with E-state index in [1.165, 1.54) is 0 Å². The summed E-state index contributed by atoms with van der Waals surface area (Å²) in [7, 11) is 0. The number of nitrogens with zero attached hydrogens (tertiary/aromatic N) is 2. The van der Waals surface area contributed by atoms with Crippen molar-refractivity contribution in [3.8, 4) is 17.1 Å². The Balaban J connectivity index is 1.56. The first-order chi connectivity index (χ1) is 12.9. The monoisotopic (exact) mass is 385 g/mol. The Morgan fingerprint density at radius 3 is 2.52 bits per heavy atom. The summed E-state index contributed by atoms with van der Waals surface area (Å²) in [5.74, 6) is 1.15. The number of benzene rings is 2. The third-order valence-electron chi connectivity index (χ3n) is 3.86. The first-order valence-electron chi connectivity index (χ1n) is 8.52. The van der Waals surface area contributed by atoms with Crippen LogP contribution in [0.25, 0.3) is 11.4 Å². The number of hydrogen-bond acceptors (Lipinski definition) is 5. The highest BCUT2D eigenvalue weighted by molar-refractivity contribution is 6.30. The molecule has 3 rings (SSSR count). The maximum Gasteiger partial charge on any atom is 0.261 e. The summed E-state index contributed by atoms with van der Waals surface area (Å²) in [6.07, 6.45) is -0.648. The third-order valence-corrected chi connectivity index (χ3v) is 4.11.